The van der Waals surface area contributed by atoms with Crippen molar-refractivity contribution in [1.29, 1.82) is 0 Å². The van der Waals surface area contributed by atoms with E-state index in [1.165, 1.54) is 4.90 Å². The second kappa shape index (κ2) is 7.13. The van der Waals surface area contributed by atoms with Gasteiger partial charge >= 0.3 is 11.9 Å². The first-order valence-electron chi connectivity index (χ1n) is 5.31. The van der Waals surface area contributed by atoms with Crippen LogP contribution in [0.4, 0.5) is 0 Å². The van der Waals surface area contributed by atoms with Crippen LogP contribution in [-0.2, 0) is 21.5 Å². The molecule has 0 aromatic heterocycles. The number of alkyl halides is 1. The summed E-state index contributed by atoms with van der Waals surface area (Å²) >= 11 is 3.35. The predicted octanol–water partition coefficient (Wildman–Crippen LogP) is 1.55. The second-order valence-corrected chi connectivity index (χ2v) is 4.40. The van der Waals surface area contributed by atoms with Gasteiger partial charge in [-0.3, -0.25) is 14.5 Å². The van der Waals surface area contributed by atoms with Gasteiger partial charge in [-0.05, 0) is 11.1 Å². The summed E-state index contributed by atoms with van der Waals surface area (Å²) in [6.45, 7) is -0.272. The monoisotopic (exact) mass is 315 g/mol. The van der Waals surface area contributed by atoms with Gasteiger partial charge in [0.2, 0.25) is 0 Å². The molecule has 0 saturated heterocycles. The molecule has 0 saturated carbocycles. The SMILES string of the molecule is O=C(O)CN(CC(=O)O)Cc1ccccc1CBr. The Morgan fingerprint density at radius 1 is 1.06 bits per heavy atom. The lowest BCUT2D eigenvalue weighted by molar-refractivity contribution is -0.142. The molecule has 0 aliphatic heterocycles. The van der Waals surface area contributed by atoms with Crippen molar-refractivity contribution in [2.24, 2.45) is 0 Å². The zero-order valence-electron chi connectivity index (χ0n) is 9.67. The van der Waals surface area contributed by atoms with Crippen molar-refractivity contribution in [2.75, 3.05) is 13.1 Å². The molecule has 0 radical (unpaired) electrons. The van der Waals surface area contributed by atoms with Crippen molar-refractivity contribution >= 4 is 27.9 Å². The molecule has 1 aromatic rings. The van der Waals surface area contributed by atoms with Crippen molar-refractivity contribution in [3.05, 3.63) is 35.4 Å². The zero-order chi connectivity index (χ0) is 13.5. The first-order chi connectivity index (χ1) is 8.52. The van der Waals surface area contributed by atoms with Gasteiger partial charge in [0.15, 0.2) is 0 Å². The Bertz CT molecular complexity index is 420. The minimum Gasteiger partial charge on any atom is -0.480 e. The molecule has 1 aromatic carbocycles. The van der Waals surface area contributed by atoms with Crippen molar-refractivity contribution < 1.29 is 19.8 Å². The minimum atomic E-state index is -1.03. The smallest absolute Gasteiger partial charge is 0.317 e. The van der Waals surface area contributed by atoms with Gasteiger partial charge in [-0.25, -0.2) is 0 Å². The number of benzene rings is 1. The number of halogens is 1. The molecule has 0 fully saturated rings. The van der Waals surface area contributed by atoms with Crippen LogP contribution in [0.3, 0.4) is 0 Å². The van der Waals surface area contributed by atoms with E-state index in [-0.39, 0.29) is 13.1 Å². The Morgan fingerprint density at radius 2 is 1.56 bits per heavy atom. The van der Waals surface area contributed by atoms with Crippen LogP contribution in [0.2, 0.25) is 0 Å². The summed E-state index contributed by atoms with van der Waals surface area (Å²) in [5, 5.41) is 18.2. The third-order valence-electron chi connectivity index (χ3n) is 2.37. The number of carboxylic acid groups (broad SMARTS) is 2. The lowest BCUT2D eigenvalue weighted by Crippen LogP contribution is -2.34. The Balaban J connectivity index is 2.81. The van der Waals surface area contributed by atoms with E-state index in [0.29, 0.717) is 11.9 Å². The Hall–Kier alpha value is -1.40. The van der Waals surface area contributed by atoms with E-state index in [1.807, 2.05) is 24.3 Å². The largest absolute Gasteiger partial charge is 0.480 e. The van der Waals surface area contributed by atoms with Gasteiger partial charge in [-0.2, -0.15) is 0 Å². The number of carbonyl (C=O) groups is 2. The first-order valence-corrected chi connectivity index (χ1v) is 6.43. The molecule has 6 heteroatoms. The molecule has 0 heterocycles. The maximum atomic E-state index is 10.7. The Labute approximate surface area is 113 Å². The highest BCUT2D eigenvalue weighted by molar-refractivity contribution is 9.08. The lowest BCUT2D eigenvalue weighted by Gasteiger charge is -2.19. The van der Waals surface area contributed by atoms with Crippen molar-refractivity contribution in [2.45, 2.75) is 11.9 Å². The molecule has 5 nitrogen and oxygen atoms in total. The molecule has 0 aliphatic carbocycles. The number of hydrogen-bond acceptors (Lipinski definition) is 3. The highest BCUT2D eigenvalue weighted by Crippen LogP contribution is 2.14. The lowest BCUT2D eigenvalue weighted by atomic mass is 10.1. The Morgan fingerprint density at radius 3 is 2.00 bits per heavy atom. The Kier molecular flexibility index (Phi) is 5.80. The summed E-state index contributed by atoms with van der Waals surface area (Å²) in [6, 6.07) is 7.52. The molecule has 0 atom stereocenters. The molecule has 0 amide bonds. The predicted molar refractivity (Wildman–Crippen MR) is 69.6 cm³/mol. The molecule has 0 spiro atoms. The molecular formula is C12H14BrNO4. The van der Waals surface area contributed by atoms with Gasteiger partial charge in [-0.15, -0.1) is 0 Å². The van der Waals surface area contributed by atoms with Crippen molar-refractivity contribution in [3.63, 3.8) is 0 Å². The highest BCUT2D eigenvalue weighted by atomic mass is 79.9. The van der Waals surface area contributed by atoms with Crippen LogP contribution in [0, 0.1) is 0 Å². The van der Waals surface area contributed by atoms with E-state index < -0.39 is 11.9 Å². The molecule has 0 bridgehead atoms. The number of carboxylic acids is 2. The van der Waals surface area contributed by atoms with Crippen LogP contribution in [0.25, 0.3) is 0 Å². The van der Waals surface area contributed by atoms with Gasteiger partial charge in [0.05, 0.1) is 13.1 Å². The fourth-order valence-electron chi connectivity index (χ4n) is 1.63. The molecule has 2 N–H and O–H groups in total. The van der Waals surface area contributed by atoms with Gasteiger partial charge in [0.25, 0.3) is 0 Å². The first kappa shape index (κ1) is 14.7. The molecule has 18 heavy (non-hydrogen) atoms. The average molecular weight is 316 g/mol. The van der Waals surface area contributed by atoms with E-state index in [2.05, 4.69) is 15.9 Å². The zero-order valence-corrected chi connectivity index (χ0v) is 11.3. The summed E-state index contributed by atoms with van der Waals surface area (Å²) in [5.41, 5.74) is 1.95. The van der Waals surface area contributed by atoms with E-state index in [0.717, 1.165) is 11.1 Å². The quantitative estimate of drug-likeness (QED) is 0.746. The summed E-state index contributed by atoms with van der Waals surface area (Å²) in [5.74, 6) is -2.07. The normalized spacial score (nSPS) is 10.6. The number of nitrogens with zero attached hydrogens (tertiary/aromatic N) is 1. The number of rotatable bonds is 7. The second-order valence-electron chi connectivity index (χ2n) is 3.83. The number of aliphatic carboxylic acids is 2. The fraction of sp³-hybridized carbons (Fsp3) is 0.333. The van der Waals surface area contributed by atoms with Gasteiger partial charge < -0.3 is 10.2 Å². The topological polar surface area (TPSA) is 77.8 Å². The molecule has 0 unspecified atom stereocenters. The third kappa shape index (κ3) is 4.85. The summed E-state index contributed by atoms with van der Waals surface area (Å²) in [4.78, 5) is 22.8. The number of hydrogen-bond donors (Lipinski definition) is 2. The summed E-state index contributed by atoms with van der Waals surface area (Å²) in [6.07, 6.45) is 0. The minimum absolute atomic E-state index is 0.289. The van der Waals surface area contributed by atoms with Crippen LogP contribution in [0.1, 0.15) is 11.1 Å². The van der Waals surface area contributed by atoms with Crippen LogP contribution >= 0.6 is 15.9 Å². The molecule has 98 valence electrons. The molecule has 1 rings (SSSR count). The fourth-order valence-corrected chi connectivity index (χ4v) is 2.18. The van der Waals surface area contributed by atoms with E-state index in [1.54, 1.807) is 0 Å². The maximum absolute atomic E-state index is 10.7. The standard InChI is InChI=1S/C12H14BrNO4/c13-5-9-3-1-2-4-10(9)6-14(7-11(15)16)8-12(17)18/h1-4H,5-8H2,(H,15,16)(H,17,18). The van der Waals surface area contributed by atoms with Gasteiger partial charge in [0, 0.05) is 11.9 Å². The summed E-state index contributed by atoms with van der Waals surface area (Å²) in [7, 11) is 0. The van der Waals surface area contributed by atoms with Crippen molar-refractivity contribution in [3.8, 4) is 0 Å². The van der Waals surface area contributed by atoms with E-state index in [4.69, 9.17) is 10.2 Å². The highest BCUT2D eigenvalue weighted by Gasteiger charge is 2.15. The maximum Gasteiger partial charge on any atom is 0.317 e. The average Bonchev–Trinajstić information content (AvgIpc) is 2.27. The third-order valence-corrected chi connectivity index (χ3v) is 2.98. The molecule has 0 aliphatic rings. The van der Waals surface area contributed by atoms with Crippen molar-refractivity contribution in [1.82, 2.24) is 4.90 Å². The summed E-state index contributed by atoms with van der Waals surface area (Å²) < 4.78 is 0. The molecular weight excluding hydrogens is 302 g/mol. The van der Waals surface area contributed by atoms with Crippen LogP contribution in [0.15, 0.2) is 24.3 Å². The van der Waals surface area contributed by atoms with E-state index in [9.17, 15) is 9.59 Å². The van der Waals surface area contributed by atoms with Gasteiger partial charge in [-0.1, -0.05) is 40.2 Å². The van der Waals surface area contributed by atoms with E-state index >= 15 is 0 Å². The van der Waals surface area contributed by atoms with Crippen LogP contribution in [0.5, 0.6) is 0 Å². The van der Waals surface area contributed by atoms with Crippen LogP contribution < -0.4 is 0 Å². The van der Waals surface area contributed by atoms with Crippen LogP contribution in [-0.4, -0.2) is 40.1 Å². The van der Waals surface area contributed by atoms with Gasteiger partial charge in [0.1, 0.15) is 0 Å².